The molecule has 9 heteroatoms. The van der Waals surface area contributed by atoms with Crippen LogP contribution in [-0.2, 0) is 26.6 Å². The molecule has 2 aromatic carbocycles. The number of nitrogens with zero attached hydrogens (tertiary/aromatic N) is 2. The molecular weight excluding hydrogens is 500 g/mol. The van der Waals surface area contributed by atoms with Gasteiger partial charge in [0.05, 0.1) is 22.0 Å². The summed E-state index contributed by atoms with van der Waals surface area (Å²) in [6, 6.07) is 16.8. The molecule has 0 unspecified atom stereocenters. The van der Waals surface area contributed by atoms with Crippen LogP contribution in [0.15, 0.2) is 75.8 Å². The van der Waals surface area contributed by atoms with Crippen LogP contribution in [-0.4, -0.2) is 33.7 Å². The third kappa shape index (κ3) is 5.63. The third-order valence-corrected chi connectivity index (χ3v) is 11.2. The highest BCUT2D eigenvalue weighted by atomic mass is 32.2. The average Bonchev–Trinajstić information content (AvgIpc) is 3.38. The Labute approximate surface area is 213 Å². The van der Waals surface area contributed by atoms with Crippen LogP contribution in [0.3, 0.4) is 0 Å². The van der Waals surface area contributed by atoms with Crippen LogP contribution < -0.4 is 4.31 Å². The van der Waals surface area contributed by atoms with E-state index in [0.717, 1.165) is 42.5 Å². The first-order valence-electron chi connectivity index (χ1n) is 12.0. The first-order chi connectivity index (χ1) is 16.7. The number of rotatable bonds is 9. The van der Waals surface area contributed by atoms with Crippen molar-refractivity contribution in [1.82, 2.24) is 4.31 Å². The van der Waals surface area contributed by atoms with Crippen molar-refractivity contribution in [3.05, 3.63) is 76.5 Å². The quantitative estimate of drug-likeness (QED) is 0.349. The molecule has 35 heavy (non-hydrogen) atoms. The van der Waals surface area contributed by atoms with Crippen LogP contribution in [0.5, 0.6) is 0 Å². The van der Waals surface area contributed by atoms with E-state index in [1.165, 1.54) is 39.9 Å². The molecule has 0 amide bonds. The second-order valence-electron chi connectivity index (χ2n) is 8.90. The zero-order chi connectivity index (χ0) is 25.1. The van der Waals surface area contributed by atoms with Crippen molar-refractivity contribution in [3.63, 3.8) is 0 Å². The van der Waals surface area contributed by atoms with Crippen LogP contribution in [0.4, 0.5) is 5.69 Å². The molecule has 0 bridgehead atoms. The van der Waals surface area contributed by atoms with Gasteiger partial charge in [-0.25, -0.2) is 16.8 Å². The fourth-order valence-corrected chi connectivity index (χ4v) is 8.52. The van der Waals surface area contributed by atoms with Gasteiger partial charge in [-0.1, -0.05) is 49.9 Å². The summed E-state index contributed by atoms with van der Waals surface area (Å²) in [5.41, 5.74) is 1.60. The van der Waals surface area contributed by atoms with Crippen molar-refractivity contribution in [2.75, 3.05) is 10.8 Å². The number of hydrogen-bond donors (Lipinski definition) is 0. The summed E-state index contributed by atoms with van der Waals surface area (Å²) in [5.74, 6) is 0. The molecule has 0 spiro atoms. The second kappa shape index (κ2) is 10.8. The van der Waals surface area contributed by atoms with Crippen LogP contribution in [0.25, 0.3) is 0 Å². The van der Waals surface area contributed by atoms with Crippen LogP contribution in [0.2, 0.25) is 0 Å². The number of sulfonamides is 2. The molecule has 0 saturated heterocycles. The molecule has 0 aliphatic heterocycles. The number of aryl methyl sites for hydroxylation is 1. The summed E-state index contributed by atoms with van der Waals surface area (Å²) in [5, 5.41) is 1.92. The Hall–Kier alpha value is -2.20. The summed E-state index contributed by atoms with van der Waals surface area (Å²) in [6.45, 7) is 4.41. The summed E-state index contributed by atoms with van der Waals surface area (Å²) < 4.78 is 57.2. The Kier molecular flexibility index (Phi) is 8.00. The lowest BCUT2D eigenvalue weighted by Gasteiger charge is -2.32. The van der Waals surface area contributed by atoms with Gasteiger partial charge in [0.25, 0.3) is 10.0 Å². The summed E-state index contributed by atoms with van der Waals surface area (Å²) in [7, 11) is -7.62. The highest BCUT2D eigenvalue weighted by molar-refractivity contribution is 7.92. The maximum absolute atomic E-state index is 13.7. The molecule has 1 heterocycles. The van der Waals surface area contributed by atoms with Gasteiger partial charge in [0.2, 0.25) is 10.0 Å². The molecular formula is C26H32N2O4S3. The van der Waals surface area contributed by atoms with Crippen molar-refractivity contribution in [3.8, 4) is 0 Å². The van der Waals surface area contributed by atoms with E-state index in [2.05, 4.69) is 0 Å². The predicted octanol–water partition coefficient (Wildman–Crippen LogP) is 5.80. The van der Waals surface area contributed by atoms with Gasteiger partial charge in [-0.05, 0) is 67.6 Å². The van der Waals surface area contributed by atoms with Crippen molar-refractivity contribution in [1.29, 1.82) is 0 Å². The molecule has 6 nitrogen and oxygen atoms in total. The van der Waals surface area contributed by atoms with Crippen molar-refractivity contribution in [2.45, 2.75) is 68.3 Å². The molecule has 3 aromatic rings. The van der Waals surface area contributed by atoms with Gasteiger partial charge in [-0.2, -0.15) is 4.31 Å². The average molecular weight is 533 g/mol. The molecule has 1 fully saturated rings. The zero-order valence-corrected chi connectivity index (χ0v) is 22.6. The number of benzene rings is 2. The van der Waals surface area contributed by atoms with Gasteiger partial charge in [-0.3, -0.25) is 4.31 Å². The highest BCUT2D eigenvalue weighted by Crippen LogP contribution is 2.30. The smallest absolute Gasteiger partial charge is 0.261 e. The highest BCUT2D eigenvalue weighted by Gasteiger charge is 2.32. The first-order valence-corrected chi connectivity index (χ1v) is 15.7. The van der Waals surface area contributed by atoms with E-state index in [0.29, 0.717) is 12.2 Å². The van der Waals surface area contributed by atoms with E-state index in [9.17, 15) is 16.8 Å². The van der Waals surface area contributed by atoms with Crippen molar-refractivity contribution >= 4 is 37.1 Å². The molecule has 1 aliphatic carbocycles. The topological polar surface area (TPSA) is 74.8 Å². The van der Waals surface area contributed by atoms with E-state index >= 15 is 0 Å². The Morgan fingerprint density at radius 3 is 1.97 bits per heavy atom. The van der Waals surface area contributed by atoms with E-state index in [4.69, 9.17) is 0 Å². The van der Waals surface area contributed by atoms with Crippen LogP contribution >= 0.6 is 11.3 Å². The second-order valence-corrected chi connectivity index (χ2v) is 13.7. The molecule has 188 valence electrons. The molecule has 0 radical (unpaired) electrons. The maximum atomic E-state index is 13.7. The Morgan fingerprint density at radius 1 is 0.829 bits per heavy atom. The Morgan fingerprint density at radius 2 is 1.43 bits per heavy atom. The summed E-state index contributed by atoms with van der Waals surface area (Å²) in [4.78, 5) is 1.11. The fourth-order valence-electron chi connectivity index (χ4n) is 4.61. The molecule has 0 N–H and O–H groups in total. The van der Waals surface area contributed by atoms with Crippen molar-refractivity contribution < 1.29 is 16.8 Å². The standard InChI is InChI=1S/C26H32N2O4S3/c1-3-27(22-8-5-4-6-9-22)34(29,30)25-15-17-26(18-16-25)35(31,32)28(20-24-10-7-19-33-24)23-13-11-21(2)12-14-23/h7,10-19,22H,3-6,8-9,20H2,1-2H3. The van der Waals surface area contributed by atoms with Gasteiger partial charge in [0.1, 0.15) is 0 Å². The van der Waals surface area contributed by atoms with Gasteiger partial charge in [-0.15, -0.1) is 11.3 Å². The van der Waals surface area contributed by atoms with Crippen LogP contribution in [0, 0.1) is 6.92 Å². The zero-order valence-electron chi connectivity index (χ0n) is 20.1. The molecule has 1 aliphatic rings. The van der Waals surface area contributed by atoms with E-state index in [1.807, 2.05) is 43.5 Å². The molecule has 1 saturated carbocycles. The molecule has 1 aromatic heterocycles. The normalized spacial score (nSPS) is 15.4. The lowest BCUT2D eigenvalue weighted by Crippen LogP contribution is -2.41. The minimum Gasteiger partial charge on any atom is -0.261 e. The third-order valence-electron chi connectivity index (χ3n) is 6.51. The number of hydrogen-bond acceptors (Lipinski definition) is 5. The Balaban J connectivity index is 1.65. The SMILES string of the molecule is CCN(C1CCCCC1)S(=O)(=O)c1ccc(S(=O)(=O)N(Cc2cccs2)c2ccc(C)cc2)cc1. The number of anilines is 1. The van der Waals surface area contributed by atoms with Gasteiger partial charge in [0, 0.05) is 17.5 Å². The molecule has 4 rings (SSSR count). The minimum atomic E-state index is -3.92. The lowest BCUT2D eigenvalue weighted by atomic mass is 9.95. The largest absolute Gasteiger partial charge is 0.264 e. The minimum absolute atomic E-state index is 0.00461. The summed E-state index contributed by atoms with van der Waals surface area (Å²) >= 11 is 1.49. The lowest BCUT2D eigenvalue weighted by molar-refractivity contribution is 0.261. The fraction of sp³-hybridized carbons (Fsp3) is 0.385. The number of thiophene rings is 1. The monoisotopic (exact) mass is 532 g/mol. The Bertz CT molecular complexity index is 1310. The van der Waals surface area contributed by atoms with Crippen molar-refractivity contribution in [2.24, 2.45) is 0 Å². The first kappa shape index (κ1) is 25.9. The van der Waals surface area contributed by atoms with E-state index in [1.54, 1.807) is 16.4 Å². The van der Waals surface area contributed by atoms with Gasteiger partial charge in [0.15, 0.2) is 0 Å². The van der Waals surface area contributed by atoms with Gasteiger partial charge < -0.3 is 0 Å². The van der Waals surface area contributed by atoms with Crippen LogP contribution in [0.1, 0.15) is 49.5 Å². The summed E-state index contributed by atoms with van der Waals surface area (Å²) in [6.07, 6.45) is 4.95. The molecule has 0 atom stereocenters. The van der Waals surface area contributed by atoms with E-state index in [-0.39, 0.29) is 22.4 Å². The van der Waals surface area contributed by atoms with Gasteiger partial charge >= 0.3 is 0 Å². The van der Waals surface area contributed by atoms with E-state index < -0.39 is 20.0 Å². The predicted molar refractivity (Wildman–Crippen MR) is 142 cm³/mol. The maximum Gasteiger partial charge on any atom is 0.264 e.